The molecule has 0 saturated heterocycles. The zero-order chi connectivity index (χ0) is 15.7. The Hall–Kier alpha value is -2.40. The molecular formula is C15H12ClNO4. The molecule has 0 aliphatic heterocycles. The van der Waals surface area contributed by atoms with Crippen molar-refractivity contribution in [1.29, 1.82) is 0 Å². The lowest BCUT2D eigenvalue weighted by Gasteiger charge is -2.13. The Balaban J connectivity index is 2.99. The van der Waals surface area contributed by atoms with E-state index in [2.05, 4.69) is 4.98 Å². The lowest BCUT2D eigenvalue weighted by atomic mass is 9.92. The van der Waals surface area contributed by atoms with Crippen LogP contribution in [0.3, 0.4) is 0 Å². The second-order valence-electron chi connectivity index (χ2n) is 4.58. The van der Waals surface area contributed by atoms with E-state index in [-0.39, 0.29) is 16.9 Å². The van der Waals surface area contributed by atoms with E-state index in [1.807, 2.05) is 0 Å². The minimum atomic E-state index is -1.39. The Morgan fingerprint density at radius 3 is 2.43 bits per heavy atom. The minimum absolute atomic E-state index is 0.0961. The first kappa shape index (κ1) is 15.0. The molecule has 5 nitrogen and oxygen atoms in total. The number of rotatable bonds is 3. The smallest absolute Gasteiger partial charge is 0.342 e. The third-order valence-electron chi connectivity index (χ3n) is 3.08. The van der Waals surface area contributed by atoms with Gasteiger partial charge in [0, 0.05) is 21.8 Å². The number of H-pyrrole nitrogens is 1. The van der Waals surface area contributed by atoms with Gasteiger partial charge in [0.05, 0.1) is 0 Å². The number of nitrogens with one attached hydrogen (secondary N) is 1. The van der Waals surface area contributed by atoms with Gasteiger partial charge in [-0.05, 0) is 31.5 Å². The molecule has 0 unspecified atom stereocenters. The van der Waals surface area contributed by atoms with Crippen LogP contribution in [0.4, 0.5) is 0 Å². The van der Waals surface area contributed by atoms with Crippen molar-refractivity contribution in [2.45, 2.75) is 13.8 Å². The molecule has 0 bridgehead atoms. The number of ketones is 1. The molecular weight excluding hydrogens is 294 g/mol. The molecule has 0 atom stereocenters. The largest absolute Gasteiger partial charge is 0.477 e. The van der Waals surface area contributed by atoms with Gasteiger partial charge in [-0.25, -0.2) is 4.79 Å². The maximum absolute atomic E-state index is 12.0. The number of hydrogen-bond donors (Lipinski definition) is 2. The third kappa shape index (κ3) is 2.73. The van der Waals surface area contributed by atoms with E-state index in [1.165, 1.54) is 13.0 Å². The second-order valence-corrected chi connectivity index (χ2v) is 5.01. The molecule has 1 heterocycles. The van der Waals surface area contributed by atoms with Crippen LogP contribution in [0.25, 0.3) is 11.1 Å². The molecule has 0 aliphatic rings. The standard InChI is InChI=1S/C15H12ClNO4/c1-7-11(8(2)18)12(9-4-3-5-10(16)6-9)13(15(20)21)14(19)17-7/h3-6H,1-2H3,(H,17,19)(H,20,21). The van der Waals surface area contributed by atoms with Gasteiger partial charge in [0.2, 0.25) is 0 Å². The number of Topliss-reactive ketones (excluding diaryl/α,β-unsaturated/α-hetero) is 1. The minimum Gasteiger partial charge on any atom is -0.477 e. The first-order valence-corrected chi connectivity index (χ1v) is 6.47. The molecule has 1 aromatic heterocycles. The highest BCUT2D eigenvalue weighted by atomic mass is 35.5. The van der Waals surface area contributed by atoms with E-state index < -0.39 is 17.1 Å². The number of aromatic nitrogens is 1. The van der Waals surface area contributed by atoms with Gasteiger partial charge in [-0.15, -0.1) is 0 Å². The van der Waals surface area contributed by atoms with Crippen LogP contribution in [0, 0.1) is 6.92 Å². The van der Waals surface area contributed by atoms with Crippen molar-refractivity contribution < 1.29 is 14.7 Å². The van der Waals surface area contributed by atoms with Crippen LogP contribution in [0.5, 0.6) is 0 Å². The summed E-state index contributed by atoms with van der Waals surface area (Å²) in [6.45, 7) is 2.87. The molecule has 2 rings (SSSR count). The molecule has 2 aromatic rings. The van der Waals surface area contributed by atoms with E-state index in [0.717, 1.165) is 0 Å². The maximum atomic E-state index is 12.0. The highest BCUT2D eigenvalue weighted by Gasteiger charge is 2.24. The zero-order valence-corrected chi connectivity index (χ0v) is 12.1. The van der Waals surface area contributed by atoms with Gasteiger partial charge in [0.15, 0.2) is 5.78 Å². The van der Waals surface area contributed by atoms with E-state index in [4.69, 9.17) is 11.6 Å². The Bertz CT molecular complexity index is 808. The van der Waals surface area contributed by atoms with E-state index >= 15 is 0 Å². The predicted molar refractivity (Wildman–Crippen MR) is 79.2 cm³/mol. The SMILES string of the molecule is CC(=O)c1c(C)[nH]c(=O)c(C(=O)O)c1-c1cccc(Cl)c1. The summed E-state index contributed by atoms with van der Waals surface area (Å²) in [7, 11) is 0. The first-order chi connectivity index (χ1) is 9.82. The number of halogens is 1. The Kier molecular flexibility index (Phi) is 3.95. The Morgan fingerprint density at radius 1 is 1.24 bits per heavy atom. The third-order valence-corrected chi connectivity index (χ3v) is 3.32. The van der Waals surface area contributed by atoms with Crippen molar-refractivity contribution >= 4 is 23.4 Å². The van der Waals surface area contributed by atoms with Gasteiger partial charge in [-0.2, -0.15) is 0 Å². The van der Waals surface area contributed by atoms with Gasteiger partial charge in [-0.1, -0.05) is 23.7 Å². The molecule has 0 amide bonds. The molecule has 1 aromatic carbocycles. The molecule has 0 fully saturated rings. The van der Waals surface area contributed by atoms with Crippen LogP contribution in [0.2, 0.25) is 5.02 Å². The van der Waals surface area contributed by atoms with Gasteiger partial charge in [0.1, 0.15) is 5.56 Å². The van der Waals surface area contributed by atoms with Crippen LogP contribution in [-0.4, -0.2) is 21.8 Å². The van der Waals surface area contributed by atoms with Crippen molar-refractivity contribution in [2.24, 2.45) is 0 Å². The number of carboxylic acid groups (broad SMARTS) is 1. The summed E-state index contributed by atoms with van der Waals surface area (Å²) >= 11 is 5.92. The highest BCUT2D eigenvalue weighted by Crippen LogP contribution is 2.29. The van der Waals surface area contributed by atoms with E-state index in [0.29, 0.717) is 16.3 Å². The van der Waals surface area contributed by atoms with Crippen LogP contribution >= 0.6 is 11.6 Å². The van der Waals surface area contributed by atoms with Crippen molar-refractivity contribution in [3.05, 3.63) is 56.5 Å². The molecule has 6 heteroatoms. The average Bonchev–Trinajstić information content (AvgIpc) is 2.36. The molecule has 2 N–H and O–H groups in total. The molecule has 0 saturated carbocycles. The summed E-state index contributed by atoms with van der Waals surface area (Å²) in [5.41, 5.74) is -0.201. The normalized spacial score (nSPS) is 10.4. The summed E-state index contributed by atoms with van der Waals surface area (Å²) in [4.78, 5) is 37.7. The molecule has 108 valence electrons. The van der Waals surface area contributed by atoms with Crippen LogP contribution < -0.4 is 5.56 Å². The Morgan fingerprint density at radius 2 is 1.90 bits per heavy atom. The van der Waals surface area contributed by atoms with Crippen molar-refractivity contribution in [3.63, 3.8) is 0 Å². The zero-order valence-electron chi connectivity index (χ0n) is 11.4. The second kappa shape index (κ2) is 5.54. The number of carboxylic acids is 1. The number of aromatic carboxylic acids is 1. The summed E-state index contributed by atoms with van der Waals surface area (Å²) in [6, 6.07) is 6.39. The number of aryl methyl sites for hydroxylation is 1. The fourth-order valence-electron chi connectivity index (χ4n) is 2.30. The van der Waals surface area contributed by atoms with Crippen LogP contribution in [0.15, 0.2) is 29.1 Å². The molecule has 0 aliphatic carbocycles. The number of carbonyl (C=O) groups excluding carboxylic acids is 1. The number of carbonyl (C=O) groups is 2. The molecule has 0 spiro atoms. The number of benzene rings is 1. The van der Waals surface area contributed by atoms with Crippen LogP contribution in [0.1, 0.15) is 33.3 Å². The lowest BCUT2D eigenvalue weighted by Crippen LogP contribution is -2.23. The van der Waals surface area contributed by atoms with Gasteiger partial charge < -0.3 is 10.1 Å². The molecule has 21 heavy (non-hydrogen) atoms. The number of aromatic amines is 1. The van der Waals surface area contributed by atoms with Crippen molar-refractivity contribution in [2.75, 3.05) is 0 Å². The maximum Gasteiger partial charge on any atom is 0.342 e. The van der Waals surface area contributed by atoms with Crippen LogP contribution in [-0.2, 0) is 0 Å². The van der Waals surface area contributed by atoms with Gasteiger partial charge >= 0.3 is 5.97 Å². The fraction of sp³-hybridized carbons (Fsp3) is 0.133. The summed E-state index contributed by atoms with van der Waals surface area (Å²) in [5.74, 6) is -1.73. The lowest BCUT2D eigenvalue weighted by molar-refractivity contribution is 0.0696. The number of pyridine rings is 1. The quantitative estimate of drug-likeness (QED) is 0.854. The summed E-state index contributed by atoms with van der Waals surface area (Å²) in [6.07, 6.45) is 0. The van der Waals surface area contributed by atoms with Gasteiger partial charge in [0.25, 0.3) is 5.56 Å². The fourth-order valence-corrected chi connectivity index (χ4v) is 2.49. The van der Waals surface area contributed by atoms with E-state index in [9.17, 15) is 19.5 Å². The topological polar surface area (TPSA) is 87.2 Å². The summed E-state index contributed by atoms with van der Waals surface area (Å²) < 4.78 is 0. The van der Waals surface area contributed by atoms with E-state index in [1.54, 1.807) is 25.1 Å². The Labute approximate surface area is 125 Å². The van der Waals surface area contributed by atoms with Gasteiger partial charge in [-0.3, -0.25) is 9.59 Å². The monoisotopic (exact) mass is 305 g/mol. The van der Waals surface area contributed by atoms with Crippen molar-refractivity contribution in [1.82, 2.24) is 4.98 Å². The number of hydrogen-bond acceptors (Lipinski definition) is 3. The first-order valence-electron chi connectivity index (χ1n) is 6.10. The average molecular weight is 306 g/mol. The summed E-state index contributed by atoms with van der Waals surface area (Å²) in [5, 5.41) is 9.70. The highest BCUT2D eigenvalue weighted by molar-refractivity contribution is 6.31. The predicted octanol–water partition coefficient (Wildman–Crippen LogP) is 2.90. The molecule has 0 radical (unpaired) electrons. The van der Waals surface area contributed by atoms with Crippen molar-refractivity contribution in [3.8, 4) is 11.1 Å².